The van der Waals surface area contributed by atoms with Crippen molar-refractivity contribution >= 4 is 51.7 Å². The van der Waals surface area contributed by atoms with Crippen molar-refractivity contribution in [2.75, 3.05) is 18.9 Å². The number of nitrogens with one attached hydrogen (secondary N) is 2. The molecule has 11 N–H and O–H groups in total. The number of aliphatic hydroxyl groups is 4. The number of rotatable bonds is 12. The molecule has 4 aromatic heterocycles. The number of nitrogens with two attached hydrogens (primary N) is 1. The number of nitrogens with zero attached hydrogens (tertiary/aromatic N) is 6. The summed E-state index contributed by atoms with van der Waals surface area (Å²) < 4.78 is 69.4. The maximum atomic E-state index is 12.5. The molecule has 0 saturated carbocycles. The van der Waals surface area contributed by atoms with Gasteiger partial charge in [-0.3, -0.25) is 37.7 Å². The molecule has 2 aliphatic rings. The van der Waals surface area contributed by atoms with E-state index in [1.807, 2.05) is 0 Å². The first-order chi connectivity index (χ1) is 24.2. The van der Waals surface area contributed by atoms with Crippen molar-refractivity contribution in [3.8, 4) is 0 Å². The number of nitrogen functional groups attached to an aromatic ring is 1. The molecular weight excluding hydrogens is 771 g/mol. The van der Waals surface area contributed by atoms with E-state index < -0.39 is 96.9 Å². The number of ether oxygens (including phenoxy) is 2. The highest BCUT2D eigenvalue weighted by Crippen LogP contribution is 2.67. The van der Waals surface area contributed by atoms with Crippen molar-refractivity contribution in [1.82, 2.24) is 34.1 Å². The Balaban J connectivity index is 1.05. The Morgan fingerprint density at radius 1 is 0.885 bits per heavy atom. The second-order valence-corrected chi connectivity index (χ2v) is 16.1. The van der Waals surface area contributed by atoms with E-state index in [1.54, 1.807) is 0 Å². The molecule has 0 spiro atoms. The molecule has 2 saturated heterocycles. The Hall–Kier alpha value is -3.33. The predicted octanol–water partition coefficient (Wildman–Crippen LogP) is -3.82. The van der Waals surface area contributed by atoms with Crippen LogP contribution in [-0.4, -0.2) is 119 Å². The van der Waals surface area contributed by atoms with Gasteiger partial charge in [0.1, 0.15) is 36.6 Å². The van der Waals surface area contributed by atoms with Crippen molar-refractivity contribution in [2.24, 2.45) is 7.05 Å². The predicted molar refractivity (Wildman–Crippen MR) is 164 cm³/mol. The van der Waals surface area contributed by atoms with Gasteiger partial charge in [0.05, 0.1) is 26.6 Å². The number of aromatic amines is 2. The van der Waals surface area contributed by atoms with E-state index in [0.717, 1.165) is 10.9 Å². The maximum Gasteiger partial charge on any atom is 0.490 e. The van der Waals surface area contributed by atoms with Crippen LogP contribution in [0.4, 0.5) is 5.95 Å². The van der Waals surface area contributed by atoms with Crippen LogP contribution in [0.5, 0.6) is 0 Å². The monoisotopic (exact) mass is 802 g/mol. The van der Waals surface area contributed by atoms with E-state index in [1.165, 1.54) is 29.4 Å². The van der Waals surface area contributed by atoms with E-state index in [4.69, 9.17) is 15.2 Å². The van der Waals surface area contributed by atoms with Gasteiger partial charge < -0.3 is 50.3 Å². The molecule has 4 aromatic rings. The number of aryl methyl sites for hydroxylation is 2. The number of anilines is 1. The Labute approximate surface area is 287 Å². The number of phosphoric ester groups is 2. The Kier molecular flexibility index (Phi) is 10.2. The van der Waals surface area contributed by atoms with Gasteiger partial charge in [-0.05, 0) is 0 Å². The van der Waals surface area contributed by atoms with Crippen molar-refractivity contribution in [2.45, 2.75) is 56.0 Å². The first-order valence-corrected chi connectivity index (χ1v) is 19.1. The summed E-state index contributed by atoms with van der Waals surface area (Å²) in [5.74, 6) is -0.0863. The SMILES string of the molecule is Cc1nc2c(c(=O)[nH]1)n(C)c[n+]2[C@@H]1O[C@H](COP(=O)(O)OP(=O)(O)OP(=O)(O)OC[C@H]2O[C@@H](n3cnc4c(=O)[nH]c(N)nc43)C(O)C2O)C(O)C1O. The smallest absolute Gasteiger partial charge is 0.387 e. The number of phosphoric acid groups is 3. The highest BCUT2D eigenvalue weighted by Gasteiger charge is 2.50. The van der Waals surface area contributed by atoms with E-state index in [-0.39, 0.29) is 34.1 Å². The average Bonchev–Trinajstić information content (AvgIpc) is 3.74. The fourth-order valence-electron chi connectivity index (χ4n) is 5.53. The second kappa shape index (κ2) is 13.8. The van der Waals surface area contributed by atoms with Crippen LogP contribution < -0.4 is 21.4 Å². The molecule has 6 heterocycles. The van der Waals surface area contributed by atoms with Gasteiger partial charge in [-0.2, -0.15) is 13.6 Å². The van der Waals surface area contributed by atoms with Gasteiger partial charge in [0, 0.05) is 6.92 Å². The molecule has 0 aliphatic carbocycles. The molecule has 0 amide bonds. The summed E-state index contributed by atoms with van der Waals surface area (Å²) >= 11 is 0. The van der Waals surface area contributed by atoms with Crippen LogP contribution in [0, 0.1) is 6.92 Å². The summed E-state index contributed by atoms with van der Waals surface area (Å²) in [7, 11) is -15.8. The molecular formula is C22H31N9O18P3+. The summed E-state index contributed by atoms with van der Waals surface area (Å²) in [6.45, 7) is -0.644. The van der Waals surface area contributed by atoms with Crippen molar-refractivity contribution < 1.29 is 80.5 Å². The van der Waals surface area contributed by atoms with Crippen LogP contribution in [0.2, 0.25) is 0 Å². The lowest BCUT2D eigenvalue weighted by Crippen LogP contribution is -2.46. The number of hydrogen-bond acceptors (Lipinski definition) is 19. The third-order valence-electron chi connectivity index (χ3n) is 7.78. The zero-order valence-corrected chi connectivity index (χ0v) is 29.1. The van der Waals surface area contributed by atoms with E-state index in [9.17, 15) is 58.4 Å². The first kappa shape index (κ1) is 38.4. The molecule has 286 valence electrons. The number of aliphatic hydroxyl groups excluding tert-OH is 4. The molecule has 0 radical (unpaired) electrons. The van der Waals surface area contributed by atoms with Crippen LogP contribution in [0.3, 0.4) is 0 Å². The summed E-state index contributed by atoms with van der Waals surface area (Å²) in [5, 5.41) is 42.1. The van der Waals surface area contributed by atoms with Crippen LogP contribution >= 0.6 is 23.5 Å². The quantitative estimate of drug-likeness (QED) is 0.0484. The summed E-state index contributed by atoms with van der Waals surface area (Å²) in [4.78, 5) is 71.2. The highest BCUT2D eigenvalue weighted by atomic mass is 31.3. The van der Waals surface area contributed by atoms with Gasteiger partial charge in [-0.15, -0.1) is 0 Å². The van der Waals surface area contributed by atoms with Crippen molar-refractivity contribution in [3.05, 3.63) is 39.2 Å². The number of H-pyrrole nitrogens is 2. The molecule has 6 rings (SSSR count). The maximum absolute atomic E-state index is 12.5. The molecule has 52 heavy (non-hydrogen) atoms. The number of aromatic nitrogens is 8. The standard InChI is InChI=1S/C22H30N9O18P3/c1-7-25-17-11(19(37)26-7)29(2)6-31(17)21-15(35)13(33)9(47-21)4-45-51(40,41)49-52(42,43)48-50(38,39)44-3-8-12(32)14(34)20(46-8)30-5-24-10-16(30)27-22(23)28-18(10)36/h5-6,8-9,12-15,20-21,32-35H,3-4H2,1-2H3,(H6-,23,25,26,27,28,36,37,38,39,40,41,42,43)/p+1/t8-,9-,12?,13?,14?,15?,20-,21-/m1/s1. The number of hydrogen-bond donors (Lipinski definition) is 10. The lowest BCUT2D eigenvalue weighted by molar-refractivity contribution is -0.745. The molecule has 2 fully saturated rings. The third kappa shape index (κ3) is 7.53. The largest absolute Gasteiger partial charge is 0.490 e. The van der Waals surface area contributed by atoms with Crippen molar-refractivity contribution in [1.29, 1.82) is 0 Å². The fraction of sp³-hybridized carbons (Fsp3) is 0.545. The summed E-state index contributed by atoms with van der Waals surface area (Å²) in [6, 6.07) is 0. The third-order valence-corrected chi connectivity index (χ3v) is 12.0. The van der Waals surface area contributed by atoms with Gasteiger partial charge in [0.25, 0.3) is 11.1 Å². The lowest BCUT2D eigenvalue weighted by Gasteiger charge is -2.21. The molecule has 11 atom stereocenters. The Morgan fingerprint density at radius 3 is 2.12 bits per heavy atom. The molecule has 27 nitrogen and oxygen atoms in total. The molecule has 2 aliphatic heterocycles. The zero-order chi connectivity index (χ0) is 38.1. The van der Waals surface area contributed by atoms with Gasteiger partial charge in [0.2, 0.25) is 17.7 Å². The molecule has 30 heteroatoms. The number of fused-ring (bicyclic) bond motifs is 2. The number of imidazole rings is 2. The minimum atomic E-state index is -5.99. The van der Waals surface area contributed by atoms with E-state index in [2.05, 4.69) is 42.6 Å². The van der Waals surface area contributed by atoms with Gasteiger partial charge in [0.15, 0.2) is 29.5 Å². The minimum absolute atomic E-state index is 0.0595. The Bertz CT molecular complexity index is 2280. The van der Waals surface area contributed by atoms with E-state index in [0.29, 0.717) is 0 Å². The van der Waals surface area contributed by atoms with Crippen LogP contribution in [0.25, 0.3) is 22.3 Å². The minimum Gasteiger partial charge on any atom is -0.387 e. The average molecular weight is 802 g/mol. The second-order valence-electron chi connectivity index (χ2n) is 11.5. The highest BCUT2D eigenvalue weighted by molar-refractivity contribution is 7.66. The fourth-order valence-corrected chi connectivity index (χ4v) is 9.05. The summed E-state index contributed by atoms with van der Waals surface area (Å²) in [5.41, 5.74) is 4.11. The first-order valence-electron chi connectivity index (χ1n) is 14.6. The van der Waals surface area contributed by atoms with Gasteiger partial charge in [-0.25, -0.2) is 23.2 Å². The van der Waals surface area contributed by atoms with Crippen LogP contribution in [0.15, 0.2) is 22.2 Å². The molecule has 7 unspecified atom stereocenters. The van der Waals surface area contributed by atoms with Crippen LogP contribution in [-0.2, 0) is 47.9 Å². The Morgan fingerprint density at radius 2 is 1.48 bits per heavy atom. The summed E-state index contributed by atoms with van der Waals surface area (Å²) in [6.07, 6.45) is -10.8. The van der Waals surface area contributed by atoms with Gasteiger partial charge >= 0.3 is 29.1 Å². The van der Waals surface area contributed by atoms with Gasteiger partial charge in [-0.1, -0.05) is 4.98 Å². The van der Waals surface area contributed by atoms with Crippen LogP contribution in [0.1, 0.15) is 18.3 Å². The normalized spacial score (nSPS) is 30.1. The lowest BCUT2D eigenvalue weighted by atomic mass is 10.1. The topological polar surface area (TPSA) is 392 Å². The zero-order valence-electron chi connectivity index (χ0n) is 26.4. The van der Waals surface area contributed by atoms with E-state index >= 15 is 0 Å². The molecule has 0 bridgehead atoms. The van der Waals surface area contributed by atoms with Crippen molar-refractivity contribution in [3.63, 3.8) is 0 Å². The molecule has 0 aromatic carbocycles.